The van der Waals surface area contributed by atoms with Crippen LogP contribution in [0.5, 0.6) is 0 Å². The Hall–Kier alpha value is -0.590. The molecular formula is C9H14N2O. The second-order valence-electron chi connectivity index (χ2n) is 4.05. The zero-order chi connectivity index (χ0) is 8.77. The van der Waals surface area contributed by atoms with E-state index >= 15 is 0 Å². The average Bonchev–Trinajstić information content (AvgIpc) is 2.32. The lowest BCUT2D eigenvalue weighted by molar-refractivity contribution is -0.00949. The number of hydrogen-bond acceptors (Lipinski definition) is 2. The molecule has 12 heavy (non-hydrogen) atoms. The van der Waals surface area contributed by atoms with Crippen LogP contribution in [0, 0.1) is 6.57 Å². The summed E-state index contributed by atoms with van der Waals surface area (Å²) in [5.41, 5.74) is -1.04. The molecule has 2 bridgehead atoms. The van der Waals surface area contributed by atoms with Crippen LogP contribution in [-0.2, 0) is 0 Å². The van der Waals surface area contributed by atoms with Gasteiger partial charge in [-0.2, -0.15) is 0 Å². The molecular weight excluding hydrogens is 152 g/mol. The summed E-state index contributed by atoms with van der Waals surface area (Å²) in [5.74, 6) is 0. The van der Waals surface area contributed by atoms with Crippen molar-refractivity contribution in [2.75, 3.05) is 7.05 Å². The normalized spacial score (nSPS) is 47.4. The molecule has 2 heterocycles. The molecule has 2 rings (SSSR count). The minimum Gasteiger partial charge on any atom is -0.324 e. The molecule has 1 N–H and O–H groups in total. The molecule has 2 aliphatic rings. The Labute approximate surface area is 72.8 Å². The summed E-state index contributed by atoms with van der Waals surface area (Å²) < 4.78 is 0. The van der Waals surface area contributed by atoms with E-state index in [2.05, 4.69) is 16.8 Å². The van der Waals surface area contributed by atoms with Crippen LogP contribution in [0.25, 0.3) is 4.85 Å². The quantitative estimate of drug-likeness (QED) is 0.540. The smallest absolute Gasteiger partial charge is 0.324 e. The van der Waals surface area contributed by atoms with E-state index in [1.165, 1.54) is 0 Å². The van der Waals surface area contributed by atoms with Gasteiger partial charge in [0, 0.05) is 12.1 Å². The first-order chi connectivity index (χ1) is 5.64. The lowest BCUT2D eigenvalue weighted by Crippen LogP contribution is -2.47. The van der Waals surface area contributed by atoms with Gasteiger partial charge in [-0.3, -0.25) is 9.74 Å². The van der Waals surface area contributed by atoms with Crippen molar-refractivity contribution < 1.29 is 5.11 Å². The van der Waals surface area contributed by atoms with Crippen LogP contribution in [0.3, 0.4) is 0 Å². The summed E-state index contributed by atoms with van der Waals surface area (Å²) in [6.07, 6.45) is 3.59. The molecule has 0 aromatic rings. The van der Waals surface area contributed by atoms with Gasteiger partial charge in [-0.25, -0.2) is 6.57 Å². The molecule has 0 aliphatic carbocycles. The van der Waals surface area contributed by atoms with Gasteiger partial charge in [-0.05, 0) is 19.9 Å². The third-order valence-electron chi connectivity index (χ3n) is 3.32. The summed E-state index contributed by atoms with van der Waals surface area (Å²) in [6, 6.07) is 0.894. The van der Waals surface area contributed by atoms with Crippen molar-refractivity contribution in [2.24, 2.45) is 0 Å². The van der Waals surface area contributed by atoms with E-state index in [-0.39, 0.29) is 0 Å². The lowest BCUT2D eigenvalue weighted by Gasteiger charge is -2.34. The average molecular weight is 166 g/mol. The first-order valence-electron chi connectivity index (χ1n) is 4.47. The highest BCUT2D eigenvalue weighted by Crippen LogP contribution is 2.40. The summed E-state index contributed by atoms with van der Waals surface area (Å²) in [7, 11) is 2.10. The van der Waals surface area contributed by atoms with Crippen molar-refractivity contribution in [2.45, 2.75) is 43.5 Å². The van der Waals surface area contributed by atoms with Gasteiger partial charge in [0.15, 0.2) is 0 Å². The Kier molecular flexibility index (Phi) is 1.64. The van der Waals surface area contributed by atoms with Gasteiger partial charge < -0.3 is 5.11 Å². The fourth-order valence-electron chi connectivity index (χ4n) is 2.51. The highest BCUT2D eigenvalue weighted by atomic mass is 16.3. The number of hydrogen-bond donors (Lipinski definition) is 1. The molecule has 0 amide bonds. The van der Waals surface area contributed by atoms with Gasteiger partial charge in [0.1, 0.15) is 0 Å². The number of piperidine rings is 1. The predicted molar refractivity (Wildman–Crippen MR) is 45.4 cm³/mol. The molecule has 2 atom stereocenters. The molecule has 66 valence electrons. The van der Waals surface area contributed by atoms with E-state index in [0.717, 1.165) is 12.8 Å². The number of nitrogens with zero attached hydrogens (tertiary/aromatic N) is 2. The van der Waals surface area contributed by atoms with Gasteiger partial charge in [0.05, 0.1) is 12.8 Å². The molecule has 3 heteroatoms. The van der Waals surface area contributed by atoms with Gasteiger partial charge in [0.25, 0.3) is 0 Å². The van der Waals surface area contributed by atoms with Crippen LogP contribution in [0.2, 0.25) is 0 Å². The van der Waals surface area contributed by atoms with Crippen LogP contribution in [-0.4, -0.2) is 34.9 Å². The number of fused-ring (bicyclic) bond motifs is 2. The maximum atomic E-state index is 9.80. The molecule has 0 aromatic carbocycles. The molecule has 3 nitrogen and oxygen atoms in total. The Morgan fingerprint density at radius 3 is 2.33 bits per heavy atom. The van der Waals surface area contributed by atoms with Gasteiger partial charge >= 0.3 is 5.72 Å². The third kappa shape index (κ3) is 1.03. The molecule has 2 fully saturated rings. The van der Waals surface area contributed by atoms with Crippen molar-refractivity contribution in [3.8, 4) is 0 Å². The molecule has 2 aliphatic heterocycles. The van der Waals surface area contributed by atoms with Crippen molar-refractivity contribution in [1.82, 2.24) is 4.90 Å². The SMILES string of the molecule is [C-]#[N+]C1(O)CC2CCC(C1)N2C. The Bertz CT molecular complexity index is 219. The first-order valence-corrected chi connectivity index (χ1v) is 4.47. The fraction of sp³-hybridized carbons (Fsp3) is 0.889. The van der Waals surface area contributed by atoms with Crippen LogP contribution >= 0.6 is 0 Å². The van der Waals surface area contributed by atoms with Gasteiger partial charge in [0.2, 0.25) is 0 Å². The Morgan fingerprint density at radius 1 is 1.42 bits per heavy atom. The predicted octanol–water partition coefficient (Wildman–Crippen LogP) is 0.851. The maximum Gasteiger partial charge on any atom is 0.337 e. The third-order valence-corrected chi connectivity index (χ3v) is 3.32. The zero-order valence-corrected chi connectivity index (χ0v) is 7.32. The Balaban J connectivity index is 2.18. The Morgan fingerprint density at radius 2 is 1.92 bits per heavy atom. The molecule has 2 saturated heterocycles. The van der Waals surface area contributed by atoms with E-state index in [4.69, 9.17) is 6.57 Å². The van der Waals surface area contributed by atoms with Crippen molar-refractivity contribution in [3.05, 3.63) is 11.4 Å². The molecule has 0 aromatic heterocycles. The first kappa shape index (κ1) is 8.03. The van der Waals surface area contributed by atoms with Crippen LogP contribution in [0.4, 0.5) is 0 Å². The lowest BCUT2D eigenvalue weighted by atomic mass is 9.95. The van der Waals surface area contributed by atoms with Gasteiger partial charge in [-0.1, -0.05) is 0 Å². The monoisotopic (exact) mass is 166 g/mol. The number of aliphatic hydroxyl groups is 1. The number of rotatable bonds is 0. The van der Waals surface area contributed by atoms with E-state index in [9.17, 15) is 5.11 Å². The topological polar surface area (TPSA) is 27.8 Å². The zero-order valence-electron chi connectivity index (χ0n) is 7.32. The highest BCUT2D eigenvalue weighted by molar-refractivity contribution is 5.04. The summed E-state index contributed by atoms with van der Waals surface area (Å²) in [4.78, 5) is 5.65. The molecule has 2 unspecified atom stereocenters. The highest BCUT2D eigenvalue weighted by Gasteiger charge is 2.50. The van der Waals surface area contributed by atoms with Crippen molar-refractivity contribution >= 4 is 0 Å². The van der Waals surface area contributed by atoms with Gasteiger partial charge in [-0.15, -0.1) is 0 Å². The van der Waals surface area contributed by atoms with E-state index in [1.54, 1.807) is 0 Å². The van der Waals surface area contributed by atoms with Crippen LogP contribution in [0.15, 0.2) is 0 Å². The van der Waals surface area contributed by atoms with Crippen LogP contribution in [0.1, 0.15) is 25.7 Å². The largest absolute Gasteiger partial charge is 0.337 e. The van der Waals surface area contributed by atoms with Crippen molar-refractivity contribution in [1.29, 1.82) is 0 Å². The van der Waals surface area contributed by atoms with Crippen molar-refractivity contribution in [3.63, 3.8) is 0 Å². The second kappa shape index (κ2) is 2.45. The van der Waals surface area contributed by atoms with E-state index < -0.39 is 5.72 Å². The summed E-state index contributed by atoms with van der Waals surface area (Å²) in [5, 5.41) is 9.80. The van der Waals surface area contributed by atoms with E-state index in [1.807, 2.05) is 0 Å². The van der Waals surface area contributed by atoms with E-state index in [0.29, 0.717) is 24.9 Å². The minimum atomic E-state index is -1.04. The second-order valence-corrected chi connectivity index (χ2v) is 4.05. The summed E-state index contributed by atoms with van der Waals surface area (Å²) in [6.45, 7) is 6.92. The maximum absolute atomic E-state index is 9.80. The van der Waals surface area contributed by atoms with Crippen LogP contribution < -0.4 is 0 Å². The molecule has 0 spiro atoms. The molecule has 0 radical (unpaired) electrons. The summed E-state index contributed by atoms with van der Waals surface area (Å²) >= 11 is 0. The fourth-order valence-corrected chi connectivity index (χ4v) is 2.51. The minimum absolute atomic E-state index is 0.447. The standard InChI is InChI=1S/C9H14N2O/c1-10-9(12)5-7-3-4-8(6-9)11(7)2/h7-8,12H,3-6H2,2H3. The molecule has 0 saturated carbocycles.